The summed E-state index contributed by atoms with van der Waals surface area (Å²) in [7, 11) is -3.98. The van der Waals surface area contributed by atoms with Crippen LogP contribution in [0.15, 0.2) is 53.4 Å². The fourth-order valence-corrected chi connectivity index (χ4v) is 4.27. The fraction of sp³-hybridized carbons (Fsp3) is 0.158. The van der Waals surface area contributed by atoms with E-state index in [9.17, 15) is 13.2 Å². The largest absolute Gasteiger partial charge is 0.478 e. The number of anilines is 1. The molecule has 3 aromatic rings. The van der Waals surface area contributed by atoms with Crippen LogP contribution in [0.2, 0.25) is 0 Å². The zero-order valence-corrected chi connectivity index (χ0v) is 15.9. The molecule has 0 spiro atoms. The van der Waals surface area contributed by atoms with Crippen molar-refractivity contribution in [1.82, 2.24) is 9.78 Å². The van der Waals surface area contributed by atoms with Gasteiger partial charge in [-0.15, -0.1) is 0 Å². The molecule has 0 amide bonds. The molecule has 1 aromatic heterocycles. The molecule has 0 saturated carbocycles. The van der Waals surface area contributed by atoms with Gasteiger partial charge >= 0.3 is 5.97 Å². The number of hydrogen-bond donors (Lipinski definition) is 2. The van der Waals surface area contributed by atoms with Crippen LogP contribution in [-0.2, 0) is 10.0 Å². The highest BCUT2D eigenvalue weighted by Crippen LogP contribution is 2.27. The van der Waals surface area contributed by atoms with Crippen molar-refractivity contribution >= 4 is 21.7 Å². The van der Waals surface area contributed by atoms with Crippen molar-refractivity contribution in [3.63, 3.8) is 0 Å². The van der Waals surface area contributed by atoms with Gasteiger partial charge in [0.15, 0.2) is 0 Å². The van der Waals surface area contributed by atoms with E-state index in [1.807, 2.05) is 30.3 Å². The maximum atomic E-state index is 12.9. The molecular weight excluding hydrogens is 366 g/mol. The minimum Gasteiger partial charge on any atom is -0.478 e. The van der Waals surface area contributed by atoms with E-state index in [0.717, 1.165) is 11.8 Å². The van der Waals surface area contributed by atoms with Gasteiger partial charge in [0.1, 0.15) is 0 Å². The number of para-hydroxylation sites is 1. The first-order valence-electron chi connectivity index (χ1n) is 8.19. The van der Waals surface area contributed by atoms with Crippen molar-refractivity contribution in [2.24, 2.45) is 0 Å². The van der Waals surface area contributed by atoms with Crippen LogP contribution in [-0.4, -0.2) is 29.3 Å². The number of hydrogen-bond acceptors (Lipinski definition) is 4. The summed E-state index contributed by atoms with van der Waals surface area (Å²) in [6.45, 7) is 5.10. The number of nitrogens with one attached hydrogen (secondary N) is 1. The van der Waals surface area contributed by atoms with Crippen LogP contribution in [0.4, 0.5) is 5.69 Å². The van der Waals surface area contributed by atoms with E-state index in [0.29, 0.717) is 22.6 Å². The Balaban J connectivity index is 2.04. The summed E-state index contributed by atoms with van der Waals surface area (Å²) < 4.78 is 30.0. The topological polar surface area (TPSA) is 101 Å². The summed E-state index contributed by atoms with van der Waals surface area (Å²) in [5, 5.41) is 13.6. The second-order valence-electron chi connectivity index (χ2n) is 6.18. The van der Waals surface area contributed by atoms with Gasteiger partial charge in [0.2, 0.25) is 0 Å². The van der Waals surface area contributed by atoms with E-state index in [1.165, 1.54) is 12.1 Å². The van der Waals surface area contributed by atoms with Crippen molar-refractivity contribution in [1.29, 1.82) is 0 Å². The van der Waals surface area contributed by atoms with E-state index in [-0.39, 0.29) is 10.5 Å². The average Bonchev–Trinajstić information content (AvgIpc) is 2.90. The highest BCUT2D eigenvalue weighted by Gasteiger charge is 2.23. The monoisotopic (exact) mass is 385 g/mol. The lowest BCUT2D eigenvalue weighted by Gasteiger charge is -2.12. The van der Waals surface area contributed by atoms with Crippen molar-refractivity contribution < 1.29 is 18.3 Å². The highest BCUT2D eigenvalue weighted by molar-refractivity contribution is 7.92. The molecule has 27 heavy (non-hydrogen) atoms. The molecule has 3 rings (SSSR count). The Morgan fingerprint density at radius 3 is 2.37 bits per heavy atom. The van der Waals surface area contributed by atoms with Crippen molar-refractivity contribution in [2.45, 2.75) is 25.7 Å². The minimum atomic E-state index is -3.98. The summed E-state index contributed by atoms with van der Waals surface area (Å²) in [6, 6.07) is 13.4. The smallest absolute Gasteiger partial charge is 0.335 e. The zero-order valence-electron chi connectivity index (χ0n) is 15.1. The number of benzene rings is 2. The number of aryl methyl sites for hydroxylation is 2. The molecule has 0 bridgehead atoms. The molecule has 8 heteroatoms. The predicted molar refractivity (Wildman–Crippen MR) is 102 cm³/mol. The van der Waals surface area contributed by atoms with Gasteiger partial charge in [-0.2, -0.15) is 5.10 Å². The van der Waals surface area contributed by atoms with Crippen LogP contribution in [0.1, 0.15) is 27.3 Å². The van der Waals surface area contributed by atoms with Crippen LogP contribution < -0.4 is 4.72 Å². The van der Waals surface area contributed by atoms with Gasteiger partial charge in [-0.1, -0.05) is 24.3 Å². The molecule has 0 aliphatic rings. The summed E-state index contributed by atoms with van der Waals surface area (Å²) in [6.07, 6.45) is 0. The Kier molecular flexibility index (Phi) is 4.75. The Morgan fingerprint density at radius 2 is 1.74 bits per heavy atom. The Morgan fingerprint density at radius 1 is 1.07 bits per heavy atom. The molecule has 0 fully saturated rings. The fourth-order valence-electron chi connectivity index (χ4n) is 2.82. The van der Waals surface area contributed by atoms with Crippen LogP contribution in [0, 0.1) is 20.8 Å². The molecule has 1 heterocycles. The lowest BCUT2D eigenvalue weighted by molar-refractivity contribution is 0.0696. The van der Waals surface area contributed by atoms with E-state index in [2.05, 4.69) is 9.82 Å². The van der Waals surface area contributed by atoms with Crippen LogP contribution in [0.3, 0.4) is 0 Å². The highest BCUT2D eigenvalue weighted by atomic mass is 32.2. The Hall–Kier alpha value is -3.13. The summed E-state index contributed by atoms with van der Waals surface area (Å²) in [5.41, 5.74) is 2.71. The standard InChI is InChI=1S/C19H19N3O4S/c1-12-9-10-15(19(23)24)11-17(12)27(25,26)21-18-13(2)20-22(14(18)3)16-7-5-4-6-8-16/h4-11,21H,1-3H3,(H,23,24). The summed E-state index contributed by atoms with van der Waals surface area (Å²) in [5.74, 6) is -1.18. The van der Waals surface area contributed by atoms with E-state index < -0.39 is 16.0 Å². The van der Waals surface area contributed by atoms with Crippen molar-refractivity contribution in [3.05, 3.63) is 71.0 Å². The molecule has 2 N–H and O–H groups in total. The number of carboxylic acid groups (broad SMARTS) is 1. The molecular formula is C19H19N3O4S. The number of sulfonamides is 1. The maximum Gasteiger partial charge on any atom is 0.335 e. The second-order valence-corrected chi connectivity index (χ2v) is 7.83. The minimum absolute atomic E-state index is 0.0753. The zero-order chi connectivity index (χ0) is 19.8. The molecule has 0 radical (unpaired) electrons. The first kappa shape index (κ1) is 18.7. The summed E-state index contributed by atoms with van der Waals surface area (Å²) in [4.78, 5) is 11.1. The van der Waals surface area contributed by atoms with Gasteiger partial charge in [0.05, 0.1) is 33.2 Å². The van der Waals surface area contributed by atoms with E-state index in [1.54, 1.807) is 25.5 Å². The molecule has 7 nitrogen and oxygen atoms in total. The lowest BCUT2D eigenvalue weighted by Crippen LogP contribution is -2.16. The SMILES string of the molecule is Cc1ccc(C(=O)O)cc1S(=O)(=O)Nc1c(C)nn(-c2ccccc2)c1C. The Bertz CT molecular complexity index is 1120. The third-order valence-electron chi connectivity index (χ3n) is 4.25. The van der Waals surface area contributed by atoms with Gasteiger partial charge in [-0.3, -0.25) is 4.72 Å². The number of carboxylic acids is 1. The molecule has 0 saturated heterocycles. The van der Waals surface area contributed by atoms with Crippen molar-refractivity contribution in [3.8, 4) is 5.69 Å². The quantitative estimate of drug-likeness (QED) is 0.702. The number of aromatic nitrogens is 2. The van der Waals surface area contributed by atoms with Crippen LogP contribution in [0.25, 0.3) is 5.69 Å². The second kappa shape index (κ2) is 6.88. The third kappa shape index (κ3) is 3.56. The normalized spacial score (nSPS) is 11.4. The first-order valence-corrected chi connectivity index (χ1v) is 9.67. The van der Waals surface area contributed by atoms with Gasteiger partial charge < -0.3 is 5.11 Å². The lowest BCUT2D eigenvalue weighted by atomic mass is 10.1. The van der Waals surface area contributed by atoms with Gasteiger partial charge in [0, 0.05) is 0 Å². The first-order chi connectivity index (χ1) is 12.7. The molecule has 0 atom stereocenters. The molecule has 0 aliphatic carbocycles. The molecule has 2 aromatic carbocycles. The van der Waals surface area contributed by atoms with Crippen molar-refractivity contribution in [2.75, 3.05) is 4.72 Å². The van der Waals surface area contributed by atoms with E-state index in [4.69, 9.17) is 5.11 Å². The maximum absolute atomic E-state index is 12.9. The summed E-state index contributed by atoms with van der Waals surface area (Å²) >= 11 is 0. The van der Waals surface area contributed by atoms with Gasteiger partial charge in [-0.25, -0.2) is 17.9 Å². The molecule has 140 valence electrons. The Labute approximate surface area is 157 Å². The van der Waals surface area contributed by atoms with E-state index >= 15 is 0 Å². The van der Waals surface area contributed by atoms with Gasteiger partial charge in [-0.05, 0) is 50.6 Å². The molecule has 0 unspecified atom stereocenters. The predicted octanol–water partition coefficient (Wildman–Crippen LogP) is 3.30. The van der Waals surface area contributed by atoms with Crippen LogP contribution in [0.5, 0.6) is 0 Å². The molecule has 0 aliphatic heterocycles. The number of nitrogens with zero attached hydrogens (tertiary/aromatic N) is 2. The number of aromatic carboxylic acids is 1. The number of carbonyl (C=O) groups is 1. The number of rotatable bonds is 5. The third-order valence-corrected chi connectivity index (χ3v) is 5.74. The van der Waals surface area contributed by atoms with Gasteiger partial charge in [0.25, 0.3) is 10.0 Å². The van der Waals surface area contributed by atoms with Crippen LogP contribution >= 0.6 is 0 Å². The average molecular weight is 385 g/mol.